The standard InChI is InChI=1S/C52H30N4.Co/c1-5-33-9-17-37(18-10-33)46-31-45-30-43-26-25-41(53-43)29-42-27-28-44(54-42)32-47-48(38-19-11-34(6-2)12-20-38)49(39-21-13-35(7-3)14-22-39)52(56-47)50(51(46)55-45)40-23-15-36(8-4)16-24-40;/h1-4,9-32,53,56H;. The molecule has 4 aromatic carbocycles. The Morgan fingerprint density at radius 3 is 1.37 bits per heavy atom. The predicted octanol–water partition coefficient (Wildman–Crippen LogP) is 11.0. The smallest absolute Gasteiger partial charge is 0.0815 e. The van der Waals surface area contributed by atoms with E-state index < -0.39 is 0 Å². The summed E-state index contributed by atoms with van der Waals surface area (Å²) in [4.78, 5) is 17.9. The maximum atomic E-state index is 5.87. The topological polar surface area (TPSA) is 57.4 Å². The van der Waals surface area contributed by atoms with Crippen LogP contribution >= 0.6 is 0 Å². The van der Waals surface area contributed by atoms with E-state index >= 15 is 0 Å². The molecule has 0 unspecified atom stereocenters. The molecule has 2 N–H and O–H groups in total. The largest absolute Gasteiger partial charge is 0.355 e. The molecule has 57 heavy (non-hydrogen) atoms. The quantitative estimate of drug-likeness (QED) is 0.175. The number of benzene rings is 4. The van der Waals surface area contributed by atoms with E-state index in [9.17, 15) is 0 Å². The average molecular weight is 770 g/mol. The van der Waals surface area contributed by atoms with Crippen LogP contribution in [0.25, 0.3) is 79.2 Å². The Bertz CT molecular complexity index is 3130. The minimum atomic E-state index is 0. The number of hydrogen-bond donors (Lipinski definition) is 2. The zero-order chi connectivity index (χ0) is 38.2. The first kappa shape index (κ1) is 36.2. The van der Waals surface area contributed by atoms with Gasteiger partial charge in [-0.15, -0.1) is 25.7 Å². The Morgan fingerprint density at radius 2 is 0.860 bits per heavy atom. The van der Waals surface area contributed by atoms with Crippen molar-refractivity contribution >= 4 is 45.9 Å². The SMILES string of the molecule is C#Cc1ccc(C2=Cc3cc4ccc(cc5nc(cc6[nH]c(c(-c7ccc(C#C)cc7)c2n3)c(-c2ccc(C#C)cc2)c6-c2ccc(C#C)cc2)C=C5)[nH]4)cc1.[Co]. The molecule has 5 heterocycles. The summed E-state index contributed by atoms with van der Waals surface area (Å²) < 4.78 is 0. The second kappa shape index (κ2) is 15.2. The normalized spacial score (nSPS) is 11.3. The number of rotatable bonds is 4. The van der Waals surface area contributed by atoms with Crippen molar-refractivity contribution in [3.63, 3.8) is 0 Å². The molecule has 8 bridgehead atoms. The van der Waals surface area contributed by atoms with E-state index in [0.29, 0.717) is 0 Å². The molecule has 267 valence electrons. The monoisotopic (exact) mass is 769 g/mol. The van der Waals surface area contributed by atoms with Crippen LogP contribution in [0.5, 0.6) is 0 Å². The van der Waals surface area contributed by atoms with Gasteiger partial charge in [0.1, 0.15) is 0 Å². The molecular formula is C52H30CoN4. The fraction of sp³-hybridized carbons (Fsp3) is 0. The fourth-order valence-corrected chi connectivity index (χ4v) is 7.29. The zero-order valence-electron chi connectivity index (χ0n) is 30.4. The Labute approximate surface area is 341 Å². The third kappa shape index (κ3) is 6.90. The molecule has 0 aliphatic carbocycles. The summed E-state index contributed by atoms with van der Waals surface area (Å²) in [6, 6.07) is 42.4. The van der Waals surface area contributed by atoms with Crippen LogP contribution in [0.15, 0.2) is 127 Å². The van der Waals surface area contributed by atoms with Crippen LogP contribution in [-0.2, 0) is 16.8 Å². The van der Waals surface area contributed by atoms with E-state index in [4.69, 9.17) is 35.7 Å². The van der Waals surface area contributed by atoms with Crippen LogP contribution in [0.2, 0.25) is 0 Å². The molecule has 0 atom stereocenters. The first-order valence-electron chi connectivity index (χ1n) is 18.0. The van der Waals surface area contributed by atoms with Crippen molar-refractivity contribution < 1.29 is 16.8 Å². The van der Waals surface area contributed by atoms with Gasteiger partial charge in [0.15, 0.2) is 0 Å². The minimum Gasteiger partial charge on any atom is -0.355 e. The van der Waals surface area contributed by atoms with Crippen molar-refractivity contribution in [3.8, 4) is 82.8 Å². The Kier molecular flexibility index (Phi) is 9.63. The van der Waals surface area contributed by atoms with Crippen molar-refractivity contribution in [2.45, 2.75) is 0 Å². The molecule has 0 saturated heterocycles. The minimum absolute atomic E-state index is 0. The number of fused-ring (bicyclic) bond motifs is 8. The summed E-state index contributed by atoms with van der Waals surface area (Å²) in [5.74, 6) is 11.1. The number of H-pyrrole nitrogens is 2. The van der Waals surface area contributed by atoms with Gasteiger partial charge in [-0.25, -0.2) is 9.97 Å². The summed E-state index contributed by atoms with van der Waals surface area (Å²) in [7, 11) is 0. The predicted molar refractivity (Wildman–Crippen MR) is 231 cm³/mol. The van der Waals surface area contributed by atoms with Crippen molar-refractivity contribution in [1.82, 2.24) is 19.9 Å². The van der Waals surface area contributed by atoms with E-state index in [1.165, 1.54) is 0 Å². The van der Waals surface area contributed by atoms with Gasteiger partial charge < -0.3 is 9.97 Å². The van der Waals surface area contributed by atoms with Gasteiger partial charge in [-0.1, -0.05) is 72.2 Å². The molecule has 0 saturated carbocycles. The van der Waals surface area contributed by atoms with Gasteiger partial charge in [0, 0.05) is 77.8 Å². The molecule has 5 heteroatoms. The Morgan fingerprint density at radius 1 is 0.421 bits per heavy atom. The van der Waals surface area contributed by atoms with E-state index in [-0.39, 0.29) is 16.8 Å². The summed E-state index contributed by atoms with van der Waals surface area (Å²) in [6.45, 7) is 0. The van der Waals surface area contributed by atoms with E-state index in [2.05, 4.69) is 88.3 Å². The first-order valence-corrected chi connectivity index (χ1v) is 18.0. The third-order valence-electron chi connectivity index (χ3n) is 10.0. The van der Waals surface area contributed by atoms with Gasteiger partial charge >= 0.3 is 0 Å². The van der Waals surface area contributed by atoms with E-state index in [0.717, 1.165) is 112 Å². The van der Waals surface area contributed by atoms with Crippen LogP contribution in [0.4, 0.5) is 0 Å². The van der Waals surface area contributed by atoms with Gasteiger partial charge in [0.2, 0.25) is 0 Å². The summed E-state index contributed by atoms with van der Waals surface area (Å²) >= 11 is 0. The molecule has 3 aromatic heterocycles. The van der Waals surface area contributed by atoms with Crippen molar-refractivity contribution in [2.75, 3.05) is 0 Å². The number of terminal acetylenes is 4. The summed E-state index contributed by atoms with van der Waals surface area (Å²) in [5, 5.41) is 0. The van der Waals surface area contributed by atoms with Crippen molar-refractivity contribution in [3.05, 3.63) is 178 Å². The van der Waals surface area contributed by atoms with Crippen LogP contribution in [0.3, 0.4) is 0 Å². The number of hydrogen-bond acceptors (Lipinski definition) is 2. The number of nitrogens with zero attached hydrogens (tertiary/aromatic N) is 2. The van der Waals surface area contributed by atoms with Gasteiger partial charge in [0.05, 0.1) is 28.3 Å². The molecule has 1 radical (unpaired) electrons. The number of aromatic amines is 2. The van der Waals surface area contributed by atoms with Crippen LogP contribution in [-0.4, -0.2) is 19.9 Å². The average Bonchev–Trinajstić information content (AvgIpc) is 4.06. The van der Waals surface area contributed by atoms with Crippen molar-refractivity contribution in [1.29, 1.82) is 0 Å². The van der Waals surface area contributed by atoms with E-state index in [1.807, 2.05) is 91.0 Å². The second-order valence-corrected chi connectivity index (χ2v) is 13.5. The summed E-state index contributed by atoms with van der Waals surface area (Å²) in [6.07, 6.45) is 29.5. The zero-order valence-corrected chi connectivity index (χ0v) is 31.4. The molecule has 0 amide bonds. The van der Waals surface area contributed by atoms with Gasteiger partial charge in [-0.3, -0.25) is 0 Å². The third-order valence-corrected chi connectivity index (χ3v) is 10.0. The molecule has 4 nitrogen and oxygen atoms in total. The molecule has 9 rings (SSSR count). The van der Waals surface area contributed by atoms with Crippen LogP contribution in [0.1, 0.15) is 50.6 Å². The van der Waals surface area contributed by atoms with Crippen molar-refractivity contribution in [2.24, 2.45) is 0 Å². The van der Waals surface area contributed by atoms with Gasteiger partial charge in [-0.05, 0) is 119 Å². The van der Waals surface area contributed by atoms with Crippen LogP contribution < -0.4 is 0 Å². The molecular weight excluding hydrogens is 740 g/mol. The molecule has 0 fully saturated rings. The molecule has 2 aliphatic rings. The first-order chi connectivity index (χ1) is 27.5. The maximum absolute atomic E-state index is 5.87. The summed E-state index contributed by atoms with van der Waals surface area (Å²) in [5.41, 5.74) is 17.5. The fourth-order valence-electron chi connectivity index (χ4n) is 7.29. The molecule has 2 aliphatic heterocycles. The Balaban J connectivity index is 0.00000455. The number of aromatic nitrogens is 4. The molecule has 7 aromatic rings. The number of nitrogens with one attached hydrogen (secondary N) is 2. The maximum Gasteiger partial charge on any atom is 0.0815 e. The Hall–Kier alpha value is -7.77. The van der Waals surface area contributed by atoms with Gasteiger partial charge in [-0.2, -0.15) is 0 Å². The van der Waals surface area contributed by atoms with Crippen LogP contribution in [0, 0.1) is 49.4 Å². The van der Waals surface area contributed by atoms with E-state index in [1.54, 1.807) is 0 Å². The van der Waals surface area contributed by atoms with Gasteiger partial charge in [0.25, 0.3) is 0 Å². The second-order valence-electron chi connectivity index (χ2n) is 13.5. The molecule has 0 spiro atoms.